The molecule has 0 bridgehead atoms. The van der Waals surface area contributed by atoms with E-state index in [1.807, 2.05) is 30.3 Å². The largest absolute Gasteiger partial charge is 0.193 e. The van der Waals surface area contributed by atoms with E-state index in [0.717, 1.165) is 6.42 Å². The summed E-state index contributed by atoms with van der Waals surface area (Å²) in [5, 5.41) is 8.46. The molecule has 0 fully saturated rings. The van der Waals surface area contributed by atoms with Crippen molar-refractivity contribution < 1.29 is 0 Å². The Morgan fingerprint density at radius 2 is 2.07 bits per heavy atom. The average Bonchev–Trinajstić information content (AvgIpc) is 2.28. The summed E-state index contributed by atoms with van der Waals surface area (Å²) in [5.74, 6) is 2.90. The van der Waals surface area contributed by atoms with E-state index in [1.165, 1.54) is 11.6 Å². The van der Waals surface area contributed by atoms with Crippen LogP contribution >= 0.6 is 0 Å². The number of allylic oxidation sites excluding steroid dienone is 2. The highest BCUT2D eigenvalue weighted by Gasteiger charge is 2.03. The van der Waals surface area contributed by atoms with Crippen LogP contribution in [-0.4, -0.2) is 0 Å². The molecule has 0 radical (unpaired) electrons. The Kier molecular flexibility index (Phi) is 4.78. The van der Waals surface area contributed by atoms with E-state index in [-0.39, 0.29) is 5.92 Å². The van der Waals surface area contributed by atoms with Crippen LogP contribution in [0.1, 0.15) is 12.0 Å². The van der Waals surface area contributed by atoms with Crippen LogP contribution in [-0.2, 0) is 6.42 Å². The summed E-state index contributed by atoms with van der Waals surface area (Å²) in [7, 11) is 0. The fourth-order valence-electron chi connectivity index (χ4n) is 1.46. The van der Waals surface area contributed by atoms with Gasteiger partial charge in [-0.05, 0) is 17.9 Å². The predicted molar refractivity (Wildman–Crippen MR) is 61.8 cm³/mol. The lowest BCUT2D eigenvalue weighted by molar-refractivity contribution is 0.670. The van der Waals surface area contributed by atoms with E-state index in [2.05, 4.69) is 18.1 Å². The van der Waals surface area contributed by atoms with Gasteiger partial charge in [0, 0.05) is 12.5 Å². The van der Waals surface area contributed by atoms with Crippen LogP contribution in [0.2, 0.25) is 0 Å². The number of hydrogen-bond acceptors (Lipinski definition) is 1. The van der Waals surface area contributed by atoms with Crippen molar-refractivity contribution >= 4 is 0 Å². The normalized spacial score (nSPS) is 11.9. The lowest BCUT2D eigenvalue weighted by Gasteiger charge is -2.08. The van der Waals surface area contributed by atoms with Crippen LogP contribution in [0.3, 0.4) is 0 Å². The second kappa shape index (κ2) is 6.46. The van der Waals surface area contributed by atoms with Crippen molar-refractivity contribution in [3.63, 3.8) is 0 Å². The molecule has 0 saturated heterocycles. The van der Waals surface area contributed by atoms with Gasteiger partial charge in [0.1, 0.15) is 0 Å². The fraction of sp³-hybridized carbons (Fsp3) is 0.214. The third-order valence-corrected chi connectivity index (χ3v) is 2.16. The molecule has 0 aliphatic rings. The summed E-state index contributed by atoms with van der Waals surface area (Å²) in [6, 6.07) is 12.2. The molecule has 0 saturated carbocycles. The zero-order chi connectivity index (χ0) is 10.9. The smallest absolute Gasteiger partial charge is 0.0908 e. The SMILES string of the molecule is C#CCC(/C=C/C#N)Cc1ccccc1. The van der Waals surface area contributed by atoms with Crippen molar-refractivity contribution in [2.75, 3.05) is 0 Å². The number of benzene rings is 1. The number of rotatable bonds is 4. The van der Waals surface area contributed by atoms with Gasteiger partial charge in [0.15, 0.2) is 0 Å². The van der Waals surface area contributed by atoms with E-state index in [9.17, 15) is 0 Å². The molecule has 0 aromatic heterocycles. The second-order valence-electron chi connectivity index (χ2n) is 3.35. The summed E-state index contributed by atoms with van der Waals surface area (Å²) in [6.07, 6.45) is 10.2. The first-order valence-corrected chi connectivity index (χ1v) is 4.90. The highest BCUT2D eigenvalue weighted by atomic mass is 14.2. The minimum absolute atomic E-state index is 0.261. The van der Waals surface area contributed by atoms with Gasteiger partial charge in [-0.25, -0.2) is 0 Å². The van der Waals surface area contributed by atoms with Gasteiger partial charge in [0.25, 0.3) is 0 Å². The third kappa shape index (κ3) is 4.16. The third-order valence-electron chi connectivity index (χ3n) is 2.16. The summed E-state index contributed by atoms with van der Waals surface area (Å²) >= 11 is 0. The quantitative estimate of drug-likeness (QED) is 0.535. The number of nitriles is 1. The Hall–Kier alpha value is -1.99. The topological polar surface area (TPSA) is 23.8 Å². The van der Waals surface area contributed by atoms with Crippen molar-refractivity contribution in [3.8, 4) is 18.4 Å². The molecule has 15 heavy (non-hydrogen) atoms. The lowest BCUT2D eigenvalue weighted by Crippen LogP contribution is -2.00. The first-order chi connectivity index (χ1) is 7.36. The first-order valence-electron chi connectivity index (χ1n) is 4.90. The van der Waals surface area contributed by atoms with Crippen molar-refractivity contribution in [1.29, 1.82) is 5.26 Å². The highest BCUT2D eigenvalue weighted by Crippen LogP contribution is 2.13. The highest BCUT2D eigenvalue weighted by molar-refractivity contribution is 5.18. The molecule has 0 spiro atoms. The van der Waals surface area contributed by atoms with Gasteiger partial charge in [0.05, 0.1) is 6.07 Å². The zero-order valence-corrected chi connectivity index (χ0v) is 8.56. The van der Waals surface area contributed by atoms with Crippen molar-refractivity contribution in [2.24, 2.45) is 5.92 Å². The molecule has 1 aromatic rings. The van der Waals surface area contributed by atoms with Gasteiger partial charge >= 0.3 is 0 Å². The molecule has 1 aromatic carbocycles. The van der Waals surface area contributed by atoms with Crippen LogP contribution < -0.4 is 0 Å². The molecule has 0 heterocycles. The molecule has 0 aliphatic carbocycles. The number of nitrogens with zero attached hydrogens (tertiary/aromatic N) is 1. The van der Waals surface area contributed by atoms with Crippen LogP contribution in [0.4, 0.5) is 0 Å². The number of hydrogen-bond donors (Lipinski definition) is 0. The van der Waals surface area contributed by atoms with Crippen molar-refractivity contribution in [3.05, 3.63) is 48.0 Å². The van der Waals surface area contributed by atoms with E-state index in [4.69, 9.17) is 11.7 Å². The summed E-state index contributed by atoms with van der Waals surface area (Å²) in [6.45, 7) is 0. The molecule has 0 aliphatic heterocycles. The fourth-order valence-corrected chi connectivity index (χ4v) is 1.46. The van der Waals surface area contributed by atoms with E-state index < -0.39 is 0 Å². The van der Waals surface area contributed by atoms with E-state index >= 15 is 0 Å². The predicted octanol–water partition coefficient (Wildman–Crippen LogP) is 2.95. The maximum atomic E-state index is 8.46. The standard InChI is InChI=1S/C14H13N/c1-2-7-13(10-6-11-15)12-14-8-4-3-5-9-14/h1,3-6,8-10,13H,7,12H2/b10-6+. The maximum Gasteiger partial charge on any atom is 0.0908 e. The Morgan fingerprint density at radius 1 is 1.33 bits per heavy atom. The van der Waals surface area contributed by atoms with Crippen molar-refractivity contribution in [2.45, 2.75) is 12.8 Å². The molecular formula is C14H13N. The minimum Gasteiger partial charge on any atom is -0.193 e. The summed E-state index contributed by atoms with van der Waals surface area (Å²) in [5.41, 5.74) is 1.25. The Balaban J connectivity index is 2.64. The van der Waals surface area contributed by atoms with Gasteiger partial charge < -0.3 is 0 Å². The zero-order valence-electron chi connectivity index (χ0n) is 8.56. The van der Waals surface area contributed by atoms with Gasteiger partial charge in [0.2, 0.25) is 0 Å². The molecule has 0 amide bonds. The molecule has 74 valence electrons. The number of terminal acetylenes is 1. The molecule has 1 nitrogen and oxygen atoms in total. The van der Waals surface area contributed by atoms with E-state index in [0.29, 0.717) is 6.42 Å². The molecule has 1 rings (SSSR count). The van der Waals surface area contributed by atoms with Crippen LogP contribution in [0.15, 0.2) is 42.5 Å². The van der Waals surface area contributed by atoms with Crippen LogP contribution in [0.25, 0.3) is 0 Å². The van der Waals surface area contributed by atoms with Crippen molar-refractivity contribution in [1.82, 2.24) is 0 Å². The molecular weight excluding hydrogens is 182 g/mol. The lowest BCUT2D eigenvalue weighted by atomic mass is 9.96. The Morgan fingerprint density at radius 3 is 2.67 bits per heavy atom. The van der Waals surface area contributed by atoms with Gasteiger partial charge in [-0.3, -0.25) is 0 Å². The molecule has 1 unspecified atom stereocenters. The Bertz CT molecular complexity index is 390. The minimum atomic E-state index is 0.261. The van der Waals surface area contributed by atoms with Crippen LogP contribution in [0.5, 0.6) is 0 Å². The van der Waals surface area contributed by atoms with Gasteiger partial charge in [-0.15, -0.1) is 12.3 Å². The summed E-state index contributed by atoms with van der Waals surface area (Å²) in [4.78, 5) is 0. The first kappa shape index (κ1) is 11.1. The second-order valence-corrected chi connectivity index (χ2v) is 3.35. The van der Waals surface area contributed by atoms with E-state index in [1.54, 1.807) is 0 Å². The maximum absolute atomic E-state index is 8.46. The van der Waals surface area contributed by atoms with Gasteiger partial charge in [-0.2, -0.15) is 5.26 Å². The van der Waals surface area contributed by atoms with Gasteiger partial charge in [-0.1, -0.05) is 36.4 Å². The molecule has 1 heteroatoms. The van der Waals surface area contributed by atoms with Crippen LogP contribution in [0, 0.1) is 29.6 Å². The molecule has 1 atom stereocenters. The monoisotopic (exact) mass is 195 g/mol. The average molecular weight is 195 g/mol. The Labute approximate surface area is 91.1 Å². The summed E-state index contributed by atoms with van der Waals surface area (Å²) < 4.78 is 0. The molecule has 0 N–H and O–H groups in total.